The highest BCUT2D eigenvalue weighted by Crippen LogP contribution is 2.27. The van der Waals surface area contributed by atoms with Crippen LogP contribution < -0.4 is 0 Å². The third-order valence-corrected chi connectivity index (χ3v) is 4.79. The van der Waals surface area contributed by atoms with E-state index in [1.54, 1.807) is 0 Å². The number of rotatable bonds is 7. The van der Waals surface area contributed by atoms with Gasteiger partial charge in [0, 0.05) is 5.56 Å². The summed E-state index contributed by atoms with van der Waals surface area (Å²) in [5.41, 5.74) is 4.56. The van der Waals surface area contributed by atoms with E-state index >= 15 is 0 Å². The molecule has 0 fully saturated rings. The standard InChI is InChI=1S/C19H22OS2/c1-2-14-7-3-5-9-17(14)16(13-21)12-11-15-8-4-6-10-18(15)19(20)22/h3-10,16,21H,2,11-13H2,1H3,(H,20,22). The van der Waals surface area contributed by atoms with Gasteiger partial charge in [-0.25, -0.2) is 0 Å². The molecule has 0 aliphatic rings. The number of aryl methyl sites for hydroxylation is 2. The lowest BCUT2D eigenvalue weighted by atomic mass is 9.89. The average molecular weight is 331 g/mol. The number of carbonyl (C=O) groups excluding carboxylic acids is 1. The molecule has 0 spiro atoms. The molecule has 0 bridgehead atoms. The Hall–Kier alpha value is -1.19. The van der Waals surface area contributed by atoms with E-state index < -0.39 is 0 Å². The maximum atomic E-state index is 11.6. The Morgan fingerprint density at radius 2 is 1.68 bits per heavy atom. The smallest absolute Gasteiger partial charge is 0.216 e. The fraction of sp³-hybridized carbons (Fsp3) is 0.316. The summed E-state index contributed by atoms with van der Waals surface area (Å²) < 4.78 is 0. The van der Waals surface area contributed by atoms with Crippen LogP contribution in [0, 0.1) is 0 Å². The van der Waals surface area contributed by atoms with Gasteiger partial charge >= 0.3 is 0 Å². The summed E-state index contributed by atoms with van der Waals surface area (Å²) >= 11 is 8.52. The van der Waals surface area contributed by atoms with Crippen molar-refractivity contribution in [2.24, 2.45) is 0 Å². The second kappa shape index (κ2) is 8.44. The summed E-state index contributed by atoms with van der Waals surface area (Å²) in [6.07, 6.45) is 2.89. The number of carbonyl (C=O) groups is 1. The van der Waals surface area contributed by atoms with E-state index in [9.17, 15) is 4.79 Å². The molecule has 0 aliphatic heterocycles. The molecule has 2 aromatic carbocycles. The third-order valence-electron chi connectivity index (χ3n) is 4.11. The van der Waals surface area contributed by atoms with Crippen LogP contribution in [-0.2, 0) is 12.8 Å². The van der Waals surface area contributed by atoms with Gasteiger partial charge in [0.25, 0.3) is 0 Å². The van der Waals surface area contributed by atoms with Crippen molar-refractivity contribution in [3.05, 3.63) is 70.8 Å². The molecule has 116 valence electrons. The van der Waals surface area contributed by atoms with Crippen LogP contribution in [-0.4, -0.2) is 10.9 Å². The number of benzene rings is 2. The van der Waals surface area contributed by atoms with Crippen molar-refractivity contribution in [1.82, 2.24) is 0 Å². The van der Waals surface area contributed by atoms with Crippen LogP contribution in [0.1, 0.15) is 46.3 Å². The summed E-state index contributed by atoms with van der Waals surface area (Å²) in [5, 5.41) is -0.160. The Balaban J connectivity index is 2.17. The van der Waals surface area contributed by atoms with E-state index in [1.807, 2.05) is 24.3 Å². The zero-order chi connectivity index (χ0) is 15.9. The van der Waals surface area contributed by atoms with Gasteiger partial charge in [0.2, 0.25) is 5.12 Å². The first-order valence-corrected chi connectivity index (χ1v) is 8.75. The minimum atomic E-state index is -0.160. The van der Waals surface area contributed by atoms with Crippen molar-refractivity contribution < 1.29 is 4.79 Å². The van der Waals surface area contributed by atoms with E-state index in [0.29, 0.717) is 11.5 Å². The summed E-state index contributed by atoms with van der Waals surface area (Å²) in [4.78, 5) is 11.6. The first kappa shape index (κ1) is 17.2. The van der Waals surface area contributed by atoms with Gasteiger partial charge in [0.1, 0.15) is 0 Å². The van der Waals surface area contributed by atoms with Crippen molar-refractivity contribution in [3.8, 4) is 0 Å². The van der Waals surface area contributed by atoms with E-state index in [0.717, 1.165) is 30.6 Å². The molecular weight excluding hydrogens is 308 g/mol. The maximum absolute atomic E-state index is 11.6. The summed E-state index contributed by atoms with van der Waals surface area (Å²) in [7, 11) is 0. The molecule has 1 unspecified atom stereocenters. The Morgan fingerprint density at radius 1 is 1.05 bits per heavy atom. The fourth-order valence-corrected chi connectivity index (χ4v) is 3.47. The first-order valence-electron chi connectivity index (χ1n) is 7.67. The Morgan fingerprint density at radius 3 is 2.32 bits per heavy atom. The average Bonchev–Trinajstić information content (AvgIpc) is 2.56. The fourth-order valence-electron chi connectivity index (χ4n) is 2.88. The lowest BCUT2D eigenvalue weighted by molar-refractivity contribution is 0.109. The lowest BCUT2D eigenvalue weighted by Crippen LogP contribution is -2.07. The van der Waals surface area contributed by atoms with Crippen molar-refractivity contribution in [2.45, 2.75) is 32.1 Å². The van der Waals surface area contributed by atoms with Crippen molar-refractivity contribution in [3.63, 3.8) is 0 Å². The largest absolute Gasteiger partial charge is 0.282 e. The molecule has 0 N–H and O–H groups in total. The van der Waals surface area contributed by atoms with Crippen LogP contribution in [0.5, 0.6) is 0 Å². The van der Waals surface area contributed by atoms with Gasteiger partial charge in [0.15, 0.2) is 0 Å². The van der Waals surface area contributed by atoms with Gasteiger partial charge in [-0.3, -0.25) is 4.79 Å². The van der Waals surface area contributed by atoms with Gasteiger partial charge in [-0.1, -0.05) is 55.5 Å². The van der Waals surface area contributed by atoms with Crippen LogP contribution in [0.4, 0.5) is 0 Å². The van der Waals surface area contributed by atoms with Crippen LogP contribution >= 0.6 is 25.3 Å². The van der Waals surface area contributed by atoms with E-state index in [2.05, 4.69) is 56.4 Å². The Labute approximate surface area is 144 Å². The molecule has 22 heavy (non-hydrogen) atoms. The summed E-state index contributed by atoms with van der Waals surface area (Å²) in [5.74, 6) is 1.22. The van der Waals surface area contributed by atoms with Crippen molar-refractivity contribution in [2.75, 3.05) is 5.75 Å². The predicted molar refractivity (Wildman–Crippen MR) is 100 cm³/mol. The lowest BCUT2D eigenvalue weighted by Gasteiger charge is -2.19. The number of hydrogen-bond acceptors (Lipinski definition) is 2. The van der Waals surface area contributed by atoms with E-state index in [-0.39, 0.29) is 5.12 Å². The minimum Gasteiger partial charge on any atom is -0.282 e. The van der Waals surface area contributed by atoms with Gasteiger partial charge in [-0.05, 0) is 47.6 Å². The van der Waals surface area contributed by atoms with Crippen LogP contribution in [0.15, 0.2) is 48.5 Å². The van der Waals surface area contributed by atoms with Gasteiger partial charge in [0.05, 0.1) is 0 Å². The first-order chi connectivity index (χ1) is 10.7. The molecule has 0 amide bonds. The normalized spacial score (nSPS) is 12.1. The highest BCUT2D eigenvalue weighted by molar-refractivity contribution is 7.97. The van der Waals surface area contributed by atoms with Gasteiger partial charge in [-0.2, -0.15) is 12.6 Å². The molecule has 0 aliphatic carbocycles. The van der Waals surface area contributed by atoms with Crippen molar-refractivity contribution >= 4 is 30.4 Å². The van der Waals surface area contributed by atoms with Crippen LogP contribution in [0.25, 0.3) is 0 Å². The van der Waals surface area contributed by atoms with Crippen molar-refractivity contribution in [1.29, 1.82) is 0 Å². The van der Waals surface area contributed by atoms with Gasteiger partial charge < -0.3 is 0 Å². The predicted octanol–water partition coefficient (Wildman–Crippen LogP) is 4.97. The SMILES string of the molecule is CCc1ccccc1C(CS)CCc1ccccc1C(=O)S. The molecule has 0 saturated carbocycles. The maximum Gasteiger partial charge on any atom is 0.216 e. The minimum absolute atomic E-state index is 0.160. The highest BCUT2D eigenvalue weighted by Gasteiger charge is 2.15. The molecule has 0 heterocycles. The molecule has 2 aromatic rings. The molecule has 0 radical (unpaired) electrons. The second-order valence-corrected chi connectivity index (χ2v) is 6.20. The molecule has 1 atom stereocenters. The van der Waals surface area contributed by atoms with E-state index in [1.165, 1.54) is 11.1 Å². The second-order valence-electron chi connectivity index (χ2n) is 5.43. The molecule has 3 heteroatoms. The third kappa shape index (κ3) is 4.17. The molecule has 1 nitrogen and oxygen atoms in total. The van der Waals surface area contributed by atoms with Crippen LogP contribution in [0.3, 0.4) is 0 Å². The molecular formula is C19H22OS2. The molecule has 2 rings (SSSR count). The quantitative estimate of drug-likeness (QED) is 0.686. The Kier molecular flexibility index (Phi) is 6.59. The Bertz CT molecular complexity index is 637. The molecule has 0 saturated heterocycles. The highest BCUT2D eigenvalue weighted by atomic mass is 32.1. The zero-order valence-corrected chi connectivity index (χ0v) is 14.6. The topological polar surface area (TPSA) is 17.1 Å². The number of thiol groups is 2. The number of hydrogen-bond donors (Lipinski definition) is 2. The van der Waals surface area contributed by atoms with Gasteiger partial charge in [-0.15, -0.1) is 12.6 Å². The summed E-state index contributed by atoms with van der Waals surface area (Å²) in [6.45, 7) is 2.18. The monoisotopic (exact) mass is 330 g/mol. The zero-order valence-electron chi connectivity index (χ0n) is 12.8. The summed E-state index contributed by atoms with van der Waals surface area (Å²) in [6, 6.07) is 16.3. The molecule has 0 aromatic heterocycles. The van der Waals surface area contributed by atoms with E-state index in [4.69, 9.17) is 0 Å². The van der Waals surface area contributed by atoms with Crippen LogP contribution in [0.2, 0.25) is 0 Å².